The Morgan fingerprint density at radius 3 is 2.71 bits per heavy atom. The van der Waals surface area contributed by atoms with Gasteiger partial charge in [0.15, 0.2) is 0 Å². The summed E-state index contributed by atoms with van der Waals surface area (Å²) in [6.45, 7) is 2.03. The smallest absolute Gasteiger partial charge is 0.243 e. The van der Waals surface area contributed by atoms with Crippen LogP contribution >= 0.6 is 11.6 Å². The molecule has 2 aromatic carbocycles. The zero-order valence-corrected chi connectivity index (χ0v) is 16.8. The largest absolute Gasteiger partial charge is 0.335 e. The van der Waals surface area contributed by atoms with Crippen molar-refractivity contribution in [2.75, 3.05) is 18.9 Å². The van der Waals surface area contributed by atoms with E-state index in [1.807, 2.05) is 55.5 Å². The molecule has 0 aromatic heterocycles. The molecule has 3 rings (SSSR count). The molecule has 1 heterocycles. The molecule has 7 heteroatoms. The van der Waals surface area contributed by atoms with Crippen LogP contribution in [-0.4, -0.2) is 36.3 Å². The zero-order valence-electron chi connectivity index (χ0n) is 16.0. The maximum Gasteiger partial charge on any atom is 0.243 e. The van der Waals surface area contributed by atoms with Crippen LogP contribution in [0.2, 0.25) is 5.02 Å². The Hall–Kier alpha value is -2.41. The Morgan fingerprint density at radius 1 is 1.18 bits per heavy atom. The first-order valence-electron chi connectivity index (χ1n) is 9.37. The molecule has 0 radical (unpaired) electrons. The highest BCUT2D eigenvalue weighted by Crippen LogP contribution is 2.25. The second-order valence-electron chi connectivity index (χ2n) is 6.94. The minimum Gasteiger partial charge on any atom is -0.335 e. The van der Waals surface area contributed by atoms with E-state index in [-0.39, 0.29) is 24.4 Å². The number of nitrogens with zero attached hydrogens (tertiary/aromatic N) is 1. The molecule has 2 aromatic rings. The number of hydrogen-bond acceptors (Lipinski definition) is 4. The van der Waals surface area contributed by atoms with E-state index >= 15 is 0 Å². The third-order valence-electron chi connectivity index (χ3n) is 4.88. The summed E-state index contributed by atoms with van der Waals surface area (Å²) in [4.78, 5) is 26.5. The van der Waals surface area contributed by atoms with Crippen LogP contribution in [0.3, 0.4) is 0 Å². The van der Waals surface area contributed by atoms with Gasteiger partial charge in [0.1, 0.15) is 6.04 Å². The van der Waals surface area contributed by atoms with Gasteiger partial charge in [-0.3, -0.25) is 9.59 Å². The van der Waals surface area contributed by atoms with Crippen molar-refractivity contribution in [3.8, 4) is 0 Å². The first kappa shape index (κ1) is 20.3. The van der Waals surface area contributed by atoms with Crippen LogP contribution in [0.5, 0.6) is 0 Å². The lowest BCUT2D eigenvalue weighted by atomic mass is 10.0. The lowest BCUT2D eigenvalue weighted by Gasteiger charge is -2.20. The third-order valence-corrected chi connectivity index (χ3v) is 5.12. The molecular formula is C21H25ClN4O2. The summed E-state index contributed by atoms with van der Waals surface area (Å²) in [5.74, 6) is -0.343. The summed E-state index contributed by atoms with van der Waals surface area (Å²) in [6, 6.07) is 14.8. The van der Waals surface area contributed by atoms with Gasteiger partial charge in [-0.1, -0.05) is 48.9 Å². The van der Waals surface area contributed by atoms with Gasteiger partial charge in [-0.2, -0.15) is 0 Å². The molecule has 2 amide bonds. The molecule has 6 nitrogen and oxygen atoms in total. The standard InChI is InChI=1S/C21H25ClN4O2/c1-3-14-7-4-5-10-17(14)23-20(27)13-26(2)21(28)19-12-18(24-25-19)15-8-6-9-16(22)11-15/h4-11,18-19,24-25H,3,12-13H2,1-2H3,(H,23,27). The van der Waals surface area contributed by atoms with Gasteiger partial charge < -0.3 is 10.2 Å². The average molecular weight is 401 g/mol. The van der Waals surface area contributed by atoms with Crippen molar-refractivity contribution < 1.29 is 9.59 Å². The number of likely N-dealkylation sites (N-methyl/N-ethyl adjacent to an activating group) is 1. The molecule has 1 fully saturated rings. The minimum atomic E-state index is -0.398. The van der Waals surface area contributed by atoms with Crippen LogP contribution in [0.4, 0.5) is 5.69 Å². The number of anilines is 1. The number of aryl methyl sites for hydroxylation is 1. The molecule has 1 aliphatic rings. The number of hydrazine groups is 1. The Bertz CT molecular complexity index is 858. The van der Waals surface area contributed by atoms with E-state index < -0.39 is 6.04 Å². The van der Waals surface area contributed by atoms with Crippen molar-refractivity contribution in [2.24, 2.45) is 0 Å². The number of carbonyl (C=O) groups excluding carboxylic acids is 2. The van der Waals surface area contributed by atoms with E-state index in [4.69, 9.17) is 11.6 Å². The fourth-order valence-electron chi connectivity index (χ4n) is 3.36. The van der Waals surface area contributed by atoms with Crippen molar-refractivity contribution in [1.82, 2.24) is 15.8 Å². The predicted octanol–water partition coefficient (Wildman–Crippen LogP) is 2.91. The summed E-state index contributed by atoms with van der Waals surface area (Å²) in [5, 5.41) is 3.56. The van der Waals surface area contributed by atoms with Crippen LogP contribution in [0, 0.1) is 0 Å². The van der Waals surface area contributed by atoms with Crippen molar-refractivity contribution in [3.05, 3.63) is 64.7 Å². The highest BCUT2D eigenvalue weighted by atomic mass is 35.5. The molecule has 3 N–H and O–H groups in total. The number of amides is 2. The van der Waals surface area contributed by atoms with Gasteiger partial charge >= 0.3 is 0 Å². The first-order chi connectivity index (χ1) is 13.5. The van der Waals surface area contributed by atoms with Crippen molar-refractivity contribution in [3.63, 3.8) is 0 Å². The minimum absolute atomic E-state index is 0.00308. The summed E-state index contributed by atoms with van der Waals surface area (Å²) < 4.78 is 0. The molecule has 0 aliphatic carbocycles. The number of carbonyl (C=O) groups is 2. The lowest BCUT2D eigenvalue weighted by molar-refractivity contribution is -0.134. The molecule has 1 saturated heterocycles. The Kier molecular flexibility index (Phi) is 6.67. The maximum absolute atomic E-state index is 12.7. The normalized spacial score (nSPS) is 18.7. The van der Waals surface area contributed by atoms with E-state index in [0.29, 0.717) is 11.4 Å². The molecule has 28 heavy (non-hydrogen) atoms. The third kappa shape index (κ3) is 4.90. The predicted molar refractivity (Wildman–Crippen MR) is 111 cm³/mol. The lowest BCUT2D eigenvalue weighted by Crippen LogP contribution is -2.46. The molecule has 148 valence electrons. The zero-order chi connectivity index (χ0) is 20.1. The summed E-state index contributed by atoms with van der Waals surface area (Å²) in [5.41, 5.74) is 9.04. The van der Waals surface area contributed by atoms with E-state index in [1.165, 1.54) is 4.90 Å². The molecule has 0 saturated carbocycles. The Morgan fingerprint density at radius 2 is 1.96 bits per heavy atom. The molecule has 0 bridgehead atoms. The molecule has 2 atom stereocenters. The van der Waals surface area contributed by atoms with Crippen LogP contribution in [0.15, 0.2) is 48.5 Å². The number of benzene rings is 2. The molecule has 2 unspecified atom stereocenters. The summed E-state index contributed by atoms with van der Waals surface area (Å²) in [7, 11) is 1.64. The van der Waals surface area contributed by atoms with Gasteiger partial charge in [0, 0.05) is 23.8 Å². The first-order valence-corrected chi connectivity index (χ1v) is 9.75. The quantitative estimate of drug-likeness (QED) is 0.697. The van der Waals surface area contributed by atoms with Crippen LogP contribution in [0.1, 0.15) is 30.5 Å². The van der Waals surface area contributed by atoms with Crippen LogP contribution in [-0.2, 0) is 16.0 Å². The Labute approximate surface area is 170 Å². The second kappa shape index (κ2) is 9.19. The molecule has 0 spiro atoms. The van der Waals surface area contributed by atoms with Gasteiger partial charge in [-0.05, 0) is 42.2 Å². The van der Waals surface area contributed by atoms with E-state index in [1.54, 1.807) is 7.05 Å². The maximum atomic E-state index is 12.7. The highest BCUT2D eigenvalue weighted by Gasteiger charge is 2.32. The van der Waals surface area contributed by atoms with E-state index in [0.717, 1.165) is 23.2 Å². The van der Waals surface area contributed by atoms with Gasteiger partial charge in [0.25, 0.3) is 0 Å². The van der Waals surface area contributed by atoms with Gasteiger partial charge in [0.05, 0.1) is 6.54 Å². The van der Waals surface area contributed by atoms with Gasteiger partial charge in [-0.15, -0.1) is 0 Å². The number of hydrogen-bond donors (Lipinski definition) is 3. The number of halogens is 1. The fourth-order valence-corrected chi connectivity index (χ4v) is 3.56. The van der Waals surface area contributed by atoms with Gasteiger partial charge in [-0.25, -0.2) is 10.9 Å². The van der Waals surface area contributed by atoms with Crippen molar-refractivity contribution >= 4 is 29.1 Å². The van der Waals surface area contributed by atoms with Crippen molar-refractivity contribution in [1.29, 1.82) is 0 Å². The number of para-hydroxylation sites is 1. The second-order valence-corrected chi connectivity index (χ2v) is 7.37. The summed E-state index contributed by atoms with van der Waals surface area (Å²) >= 11 is 6.05. The number of nitrogens with one attached hydrogen (secondary N) is 3. The van der Waals surface area contributed by atoms with E-state index in [9.17, 15) is 9.59 Å². The molecule has 1 aliphatic heterocycles. The molecular weight excluding hydrogens is 376 g/mol. The van der Waals surface area contributed by atoms with Crippen LogP contribution in [0.25, 0.3) is 0 Å². The summed E-state index contributed by atoms with van der Waals surface area (Å²) in [6.07, 6.45) is 1.41. The van der Waals surface area contributed by atoms with E-state index in [2.05, 4.69) is 16.2 Å². The average Bonchev–Trinajstić information content (AvgIpc) is 3.18. The number of rotatable bonds is 6. The topological polar surface area (TPSA) is 73.5 Å². The fraction of sp³-hybridized carbons (Fsp3) is 0.333. The SMILES string of the molecule is CCc1ccccc1NC(=O)CN(C)C(=O)C1CC(c2cccc(Cl)c2)NN1. The highest BCUT2D eigenvalue weighted by molar-refractivity contribution is 6.30. The van der Waals surface area contributed by atoms with Gasteiger partial charge in [0.2, 0.25) is 11.8 Å². The van der Waals surface area contributed by atoms with Crippen LogP contribution < -0.4 is 16.2 Å². The Balaban J connectivity index is 1.55. The monoisotopic (exact) mass is 400 g/mol. The van der Waals surface area contributed by atoms with Crippen molar-refractivity contribution in [2.45, 2.75) is 31.8 Å².